The Morgan fingerprint density at radius 2 is 2.44 bits per heavy atom. The van der Waals surface area contributed by atoms with Crippen molar-refractivity contribution in [2.24, 2.45) is 0 Å². The number of carbonyl (C=O) groups is 1. The van der Waals surface area contributed by atoms with Gasteiger partial charge >= 0.3 is 0 Å². The van der Waals surface area contributed by atoms with Crippen LogP contribution in [0.5, 0.6) is 0 Å². The summed E-state index contributed by atoms with van der Waals surface area (Å²) >= 11 is 7.18. The molecule has 2 aromatic heterocycles. The van der Waals surface area contributed by atoms with Gasteiger partial charge in [0.25, 0.3) is 0 Å². The lowest BCUT2D eigenvalue weighted by atomic mass is 10.3. The summed E-state index contributed by atoms with van der Waals surface area (Å²) in [6.45, 7) is 2.03. The number of nitrogens with one attached hydrogen (secondary N) is 1. The number of nitrogens with zero attached hydrogens (tertiary/aromatic N) is 2. The molecule has 2 aromatic rings. The molecule has 0 saturated heterocycles. The van der Waals surface area contributed by atoms with Crippen LogP contribution in [0, 0.1) is 0 Å². The van der Waals surface area contributed by atoms with Crippen molar-refractivity contribution in [1.82, 2.24) is 15.3 Å². The molecule has 1 unspecified atom stereocenters. The van der Waals surface area contributed by atoms with E-state index in [-0.39, 0.29) is 5.91 Å². The van der Waals surface area contributed by atoms with Crippen LogP contribution in [0.4, 0.5) is 0 Å². The minimum atomic E-state index is -0.526. The molecule has 0 aromatic carbocycles. The molecule has 18 heavy (non-hydrogen) atoms. The Labute approximate surface area is 114 Å². The maximum Gasteiger partial charge on any atom is 0.238 e. The zero-order valence-corrected chi connectivity index (χ0v) is 11.3. The van der Waals surface area contributed by atoms with Gasteiger partial charge in [-0.25, -0.2) is 4.98 Å². The van der Waals surface area contributed by atoms with Crippen molar-refractivity contribution in [3.05, 3.63) is 35.6 Å². The highest BCUT2D eigenvalue weighted by Crippen LogP contribution is 2.22. The maximum atomic E-state index is 11.3. The largest absolute Gasteiger partial charge is 0.349 e. The smallest absolute Gasteiger partial charge is 0.238 e. The molecule has 6 heteroatoms. The molecule has 1 atom stereocenters. The fourth-order valence-electron chi connectivity index (χ4n) is 1.33. The average molecular weight is 282 g/mol. The van der Waals surface area contributed by atoms with E-state index < -0.39 is 5.38 Å². The number of halogens is 1. The summed E-state index contributed by atoms with van der Waals surface area (Å²) in [5, 5.41) is 5.01. The Bertz CT molecular complexity index is 527. The first-order chi connectivity index (χ1) is 8.66. The SMILES string of the molecule is CC(Cl)C(=O)NCc1csc(-c2cccnc2)n1. The minimum absolute atomic E-state index is 0.187. The standard InChI is InChI=1S/C12H12ClN3OS/c1-8(13)11(17)15-6-10-7-18-12(16-10)9-3-2-4-14-5-9/h2-5,7-8H,6H2,1H3,(H,15,17). The molecular weight excluding hydrogens is 270 g/mol. The lowest BCUT2D eigenvalue weighted by Gasteiger charge is -2.03. The fraction of sp³-hybridized carbons (Fsp3) is 0.250. The van der Waals surface area contributed by atoms with E-state index in [1.54, 1.807) is 19.3 Å². The summed E-state index contributed by atoms with van der Waals surface area (Å²) in [5.41, 5.74) is 1.80. The van der Waals surface area contributed by atoms with E-state index in [0.29, 0.717) is 6.54 Å². The Morgan fingerprint density at radius 3 is 3.11 bits per heavy atom. The maximum absolute atomic E-state index is 11.3. The van der Waals surface area contributed by atoms with Crippen molar-refractivity contribution in [2.75, 3.05) is 0 Å². The third-order valence-electron chi connectivity index (χ3n) is 2.27. The number of carbonyl (C=O) groups excluding carboxylic acids is 1. The summed E-state index contributed by atoms with van der Waals surface area (Å²) in [5.74, 6) is -0.187. The fourth-order valence-corrected chi connectivity index (χ4v) is 2.22. The minimum Gasteiger partial charge on any atom is -0.349 e. The molecule has 0 saturated carbocycles. The highest BCUT2D eigenvalue weighted by molar-refractivity contribution is 7.13. The van der Waals surface area contributed by atoms with Gasteiger partial charge in [0.05, 0.1) is 12.2 Å². The van der Waals surface area contributed by atoms with Crippen LogP contribution in [0.25, 0.3) is 10.6 Å². The Kier molecular flexibility index (Phi) is 4.28. The summed E-state index contributed by atoms with van der Waals surface area (Å²) < 4.78 is 0. The number of pyridine rings is 1. The zero-order valence-electron chi connectivity index (χ0n) is 9.76. The third kappa shape index (κ3) is 3.27. The van der Waals surface area contributed by atoms with Gasteiger partial charge in [-0.2, -0.15) is 0 Å². The molecule has 0 radical (unpaired) electrons. The summed E-state index contributed by atoms with van der Waals surface area (Å²) in [6, 6.07) is 3.82. The zero-order chi connectivity index (χ0) is 13.0. The number of thiazole rings is 1. The predicted molar refractivity (Wildman–Crippen MR) is 72.5 cm³/mol. The monoisotopic (exact) mass is 281 g/mol. The molecule has 0 spiro atoms. The number of hydrogen-bond donors (Lipinski definition) is 1. The van der Waals surface area contributed by atoms with Crippen molar-refractivity contribution in [1.29, 1.82) is 0 Å². The van der Waals surface area contributed by atoms with Crippen molar-refractivity contribution in [3.63, 3.8) is 0 Å². The quantitative estimate of drug-likeness (QED) is 0.876. The number of alkyl halides is 1. The first-order valence-electron chi connectivity index (χ1n) is 5.43. The van der Waals surface area contributed by atoms with Crippen molar-refractivity contribution < 1.29 is 4.79 Å². The van der Waals surface area contributed by atoms with E-state index in [1.807, 2.05) is 17.5 Å². The van der Waals surface area contributed by atoms with Crippen LogP contribution in [0.1, 0.15) is 12.6 Å². The first kappa shape index (κ1) is 13.0. The van der Waals surface area contributed by atoms with Crippen LogP contribution in [-0.4, -0.2) is 21.3 Å². The average Bonchev–Trinajstić information content (AvgIpc) is 2.85. The first-order valence-corrected chi connectivity index (χ1v) is 6.75. The van der Waals surface area contributed by atoms with Gasteiger partial charge in [0, 0.05) is 23.3 Å². The van der Waals surface area contributed by atoms with Crippen LogP contribution in [0.15, 0.2) is 29.9 Å². The lowest BCUT2D eigenvalue weighted by molar-refractivity contribution is -0.120. The summed E-state index contributed by atoms with van der Waals surface area (Å²) in [7, 11) is 0. The Balaban J connectivity index is 2.01. The second-order valence-corrected chi connectivity index (χ2v) is 5.23. The molecule has 1 amide bonds. The van der Waals surface area contributed by atoms with Crippen LogP contribution in [0.2, 0.25) is 0 Å². The molecule has 0 fully saturated rings. The second-order valence-electron chi connectivity index (χ2n) is 3.72. The van der Waals surface area contributed by atoms with Crippen LogP contribution < -0.4 is 5.32 Å². The van der Waals surface area contributed by atoms with Gasteiger partial charge in [-0.15, -0.1) is 22.9 Å². The summed E-state index contributed by atoms with van der Waals surface area (Å²) in [4.78, 5) is 19.8. The van der Waals surface area contributed by atoms with Gasteiger partial charge in [-0.05, 0) is 19.1 Å². The molecule has 94 valence electrons. The molecule has 2 rings (SSSR count). The second kappa shape index (κ2) is 5.93. The van der Waals surface area contributed by atoms with Gasteiger partial charge < -0.3 is 5.32 Å². The van der Waals surface area contributed by atoms with E-state index in [4.69, 9.17) is 11.6 Å². The van der Waals surface area contributed by atoms with E-state index in [9.17, 15) is 4.79 Å². The number of amides is 1. The third-order valence-corrected chi connectivity index (χ3v) is 3.40. The number of aromatic nitrogens is 2. The van der Waals surface area contributed by atoms with Gasteiger partial charge in [0.15, 0.2) is 0 Å². The van der Waals surface area contributed by atoms with E-state index in [0.717, 1.165) is 16.3 Å². The topological polar surface area (TPSA) is 54.9 Å². The van der Waals surface area contributed by atoms with Gasteiger partial charge in [0.2, 0.25) is 5.91 Å². The molecule has 0 aliphatic rings. The van der Waals surface area contributed by atoms with Crippen molar-refractivity contribution >= 4 is 28.8 Å². The summed E-state index contributed by atoms with van der Waals surface area (Å²) in [6.07, 6.45) is 3.49. The number of hydrogen-bond acceptors (Lipinski definition) is 4. The van der Waals surface area contributed by atoms with E-state index in [2.05, 4.69) is 15.3 Å². The molecule has 0 aliphatic heterocycles. The van der Waals surface area contributed by atoms with Gasteiger partial charge in [-0.1, -0.05) is 0 Å². The normalized spacial score (nSPS) is 12.1. The molecule has 2 heterocycles. The molecule has 4 nitrogen and oxygen atoms in total. The van der Waals surface area contributed by atoms with Crippen LogP contribution in [0.3, 0.4) is 0 Å². The molecular formula is C12H12ClN3OS. The van der Waals surface area contributed by atoms with Crippen LogP contribution in [-0.2, 0) is 11.3 Å². The number of rotatable bonds is 4. The van der Waals surface area contributed by atoms with E-state index in [1.165, 1.54) is 11.3 Å². The van der Waals surface area contributed by atoms with Crippen molar-refractivity contribution in [2.45, 2.75) is 18.8 Å². The Morgan fingerprint density at radius 1 is 1.61 bits per heavy atom. The van der Waals surface area contributed by atoms with Gasteiger partial charge in [0.1, 0.15) is 10.4 Å². The van der Waals surface area contributed by atoms with E-state index >= 15 is 0 Å². The molecule has 1 N–H and O–H groups in total. The van der Waals surface area contributed by atoms with Gasteiger partial charge in [-0.3, -0.25) is 9.78 Å². The van der Waals surface area contributed by atoms with Crippen LogP contribution >= 0.6 is 22.9 Å². The predicted octanol–water partition coefficient (Wildman–Crippen LogP) is 2.45. The lowest BCUT2D eigenvalue weighted by Crippen LogP contribution is -2.29. The van der Waals surface area contributed by atoms with Crippen molar-refractivity contribution in [3.8, 4) is 10.6 Å². The highest BCUT2D eigenvalue weighted by atomic mass is 35.5. The highest BCUT2D eigenvalue weighted by Gasteiger charge is 2.10. The molecule has 0 aliphatic carbocycles. The molecule has 0 bridgehead atoms. The Hall–Kier alpha value is -1.46.